The van der Waals surface area contributed by atoms with Crippen molar-refractivity contribution in [3.05, 3.63) is 0 Å². The smallest absolute Gasteiger partial charge is 0.463 e. The van der Waals surface area contributed by atoms with E-state index in [1.165, 1.54) is 13.8 Å². The minimum absolute atomic E-state index is 0.174. The fraction of sp³-hybridized carbons (Fsp3) is 0.760. The van der Waals surface area contributed by atoms with E-state index >= 15 is 0 Å². The van der Waals surface area contributed by atoms with E-state index in [9.17, 15) is 28.8 Å². The summed E-state index contributed by atoms with van der Waals surface area (Å²) >= 11 is 0. The predicted octanol–water partition coefficient (Wildman–Crippen LogP) is 0.814. The maximum Gasteiger partial charge on any atom is 0.508 e. The molecule has 0 rings (SSSR count). The molecular formula is C25H40O16. The van der Waals surface area contributed by atoms with Crippen LogP contribution in [-0.2, 0) is 57.1 Å². The minimum Gasteiger partial charge on any atom is -0.463 e. The fourth-order valence-corrected chi connectivity index (χ4v) is 2.32. The van der Waals surface area contributed by atoms with Crippen molar-refractivity contribution in [1.29, 1.82) is 0 Å². The molecule has 0 fully saturated rings. The molecule has 2 unspecified atom stereocenters. The molecule has 0 saturated carbocycles. The molecule has 0 aliphatic heterocycles. The van der Waals surface area contributed by atoms with E-state index in [1.54, 1.807) is 13.8 Å². The van der Waals surface area contributed by atoms with Gasteiger partial charge in [0.15, 0.2) is 0 Å². The third kappa shape index (κ3) is 23.9. The summed E-state index contributed by atoms with van der Waals surface area (Å²) in [4.78, 5) is 69.3. The SMILES string of the molecule is CC(O)COC(=O)CCC(=O)OCCOC(=O)OCC(C)(C)COC(=O)OCCOC(=O)CCC(=O)OCC(C)O. The van der Waals surface area contributed by atoms with Crippen molar-refractivity contribution in [2.45, 2.75) is 65.6 Å². The van der Waals surface area contributed by atoms with Gasteiger partial charge in [0, 0.05) is 5.41 Å². The highest BCUT2D eigenvalue weighted by molar-refractivity contribution is 5.78. The topological polar surface area (TPSA) is 217 Å². The number of ether oxygens (including phenoxy) is 8. The van der Waals surface area contributed by atoms with Gasteiger partial charge in [-0.25, -0.2) is 9.59 Å². The normalized spacial score (nSPS) is 12.2. The molecule has 0 saturated heterocycles. The minimum atomic E-state index is -1.04. The largest absolute Gasteiger partial charge is 0.508 e. The Morgan fingerprint density at radius 2 is 0.805 bits per heavy atom. The van der Waals surface area contributed by atoms with E-state index in [2.05, 4.69) is 0 Å². The number of hydrogen-bond donors (Lipinski definition) is 2. The first-order valence-corrected chi connectivity index (χ1v) is 12.8. The number of aliphatic hydroxyl groups excluding tert-OH is 2. The molecule has 0 bridgehead atoms. The van der Waals surface area contributed by atoms with Crippen LogP contribution in [0.3, 0.4) is 0 Å². The summed E-state index contributed by atoms with van der Waals surface area (Å²) in [6.07, 6.45) is -4.64. The second-order valence-electron chi connectivity index (χ2n) is 9.44. The highest BCUT2D eigenvalue weighted by Gasteiger charge is 2.24. The second-order valence-corrected chi connectivity index (χ2v) is 9.44. The van der Waals surface area contributed by atoms with E-state index in [4.69, 9.17) is 48.1 Å². The molecule has 0 aromatic rings. The molecule has 0 amide bonds. The zero-order chi connectivity index (χ0) is 31.3. The van der Waals surface area contributed by atoms with Gasteiger partial charge in [-0.3, -0.25) is 19.2 Å². The monoisotopic (exact) mass is 596 g/mol. The zero-order valence-electron chi connectivity index (χ0n) is 23.7. The van der Waals surface area contributed by atoms with Crippen LogP contribution in [0.5, 0.6) is 0 Å². The van der Waals surface area contributed by atoms with Crippen LogP contribution in [-0.4, -0.2) is 111 Å². The first-order valence-electron chi connectivity index (χ1n) is 12.8. The predicted molar refractivity (Wildman–Crippen MR) is 134 cm³/mol. The molecule has 0 aliphatic rings. The summed E-state index contributed by atoms with van der Waals surface area (Å²) in [5.74, 6) is -2.73. The summed E-state index contributed by atoms with van der Waals surface area (Å²) in [6, 6.07) is 0. The summed E-state index contributed by atoms with van der Waals surface area (Å²) in [6.45, 7) is 4.32. The lowest BCUT2D eigenvalue weighted by atomic mass is 9.96. The van der Waals surface area contributed by atoms with Gasteiger partial charge >= 0.3 is 36.2 Å². The van der Waals surface area contributed by atoms with Gasteiger partial charge in [-0.15, -0.1) is 0 Å². The number of hydrogen-bond acceptors (Lipinski definition) is 16. The first-order chi connectivity index (χ1) is 19.2. The number of aliphatic hydroxyl groups is 2. The van der Waals surface area contributed by atoms with Crippen LogP contribution in [0.4, 0.5) is 9.59 Å². The average Bonchev–Trinajstić information content (AvgIpc) is 2.90. The third-order valence-electron chi connectivity index (χ3n) is 4.33. The lowest BCUT2D eigenvalue weighted by Crippen LogP contribution is -2.29. The number of esters is 4. The van der Waals surface area contributed by atoms with E-state index < -0.39 is 53.8 Å². The average molecular weight is 597 g/mol. The highest BCUT2D eigenvalue weighted by Crippen LogP contribution is 2.16. The summed E-state index contributed by atoms with van der Waals surface area (Å²) in [5, 5.41) is 18.0. The maximum absolute atomic E-state index is 11.7. The molecule has 236 valence electrons. The Balaban J connectivity index is 3.91. The summed E-state index contributed by atoms with van der Waals surface area (Å²) < 4.78 is 38.5. The van der Waals surface area contributed by atoms with Gasteiger partial charge in [-0.2, -0.15) is 0 Å². The standard InChI is InChI=1S/C25H40O16/c1-17(26)13-38-21(30)7-5-19(28)34-9-11-36-23(32)40-15-25(3,4)16-41-24(33)37-12-10-35-20(29)6-8-22(31)39-14-18(2)27/h17-18,26-27H,5-16H2,1-4H3. The van der Waals surface area contributed by atoms with E-state index in [0.717, 1.165) is 0 Å². The highest BCUT2D eigenvalue weighted by atomic mass is 16.7. The molecule has 0 radical (unpaired) electrons. The molecular weight excluding hydrogens is 556 g/mol. The molecule has 41 heavy (non-hydrogen) atoms. The molecule has 16 heteroatoms. The van der Waals surface area contributed by atoms with Gasteiger partial charge in [-0.05, 0) is 13.8 Å². The molecule has 0 aromatic heterocycles. The van der Waals surface area contributed by atoms with Crippen LogP contribution in [0, 0.1) is 5.41 Å². The van der Waals surface area contributed by atoms with Gasteiger partial charge in [0.05, 0.1) is 37.9 Å². The van der Waals surface area contributed by atoms with E-state index in [1.807, 2.05) is 0 Å². The lowest BCUT2D eigenvalue weighted by Gasteiger charge is -2.23. The van der Waals surface area contributed by atoms with Gasteiger partial charge in [0.2, 0.25) is 0 Å². The van der Waals surface area contributed by atoms with Gasteiger partial charge in [0.1, 0.15) is 52.9 Å². The lowest BCUT2D eigenvalue weighted by molar-refractivity contribution is -0.152. The Kier molecular flexibility index (Phi) is 19.2. The summed E-state index contributed by atoms with van der Waals surface area (Å²) in [5.41, 5.74) is -0.818. The molecule has 0 aliphatic carbocycles. The van der Waals surface area contributed by atoms with Crippen molar-refractivity contribution in [2.75, 3.05) is 52.9 Å². The second kappa shape index (κ2) is 21.1. The molecule has 2 N–H and O–H groups in total. The van der Waals surface area contributed by atoms with Crippen molar-refractivity contribution in [2.24, 2.45) is 5.41 Å². The number of carbonyl (C=O) groups is 6. The maximum atomic E-state index is 11.7. The van der Waals surface area contributed by atoms with Crippen LogP contribution >= 0.6 is 0 Å². The van der Waals surface area contributed by atoms with Crippen molar-refractivity contribution in [3.8, 4) is 0 Å². The quantitative estimate of drug-likeness (QED) is 0.113. The molecule has 0 spiro atoms. The molecule has 16 nitrogen and oxygen atoms in total. The summed E-state index contributed by atoms with van der Waals surface area (Å²) in [7, 11) is 0. The Bertz CT molecular complexity index is 769. The van der Waals surface area contributed by atoms with Crippen molar-refractivity contribution in [3.63, 3.8) is 0 Å². The Hall–Kier alpha value is -3.66. The Labute approximate surface area is 237 Å². The number of carbonyl (C=O) groups excluding carboxylic acids is 6. The van der Waals surface area contributed by atoms with Crippen LogP contribution in [0.1, 0.15) is 53.4 Å². The van der Waals surface area contributed by atoms with Crippen LogP contribution in [0.25, 0.3) is 0 Å². The number of rotatable bonds is 20. The van der Waals surface area contributed by atoms with Crippen LogP contribution < -0.4 is 0 Å². The molecule has 0 aromatic carbocycles. The Morgan fingerprint density at radius 1 is 0.512 bits per heavy atom. The molecule has 2 atom stereocenters. The van der Waals surface area contributed by atoms with Crippen molar-refractivity contribution in [1.82, 2.24) is 0 Å². The van der Waals surface area contributed by atoms with Crippen molar-refractivity contribution < 1.29 is 76.9 Å². The first kappa shape index (κ1) is 37.3. The van der Waals surface area contributed by atoms with E-state index in [0.29, 0.717) is 0 Å². The van der Waals surface area contributed by atoms with E-state index in [-0.39, 0.29) is 78.5 Å². The Morgan fingerprint density at radius 3 is 1.12 bits per heavy atom. The van der Waals surface area contributed by atoms with Crippen LogP contribution in [0.2, 0.25) is 0 Å². The van der Waals surface area contributed by atoms with Crippen LogP contribution in [0.15, 0.2) is 0 Å². The fourth-order valence-electron chi connectivity index (χ4n) is 2.32. The van der Waals surface area contributed by atoms with Crippen molar-refractivity contribution >= 4 is 36.2 Å². The zero-order valence-corrected chi connectivity index (χ0v) is 23.7. The van der Waals surface area contributed by atoms with Gasteiger partial charge in [-0.1, -0.05) is 13.8 Å². The van der Waals surface area contributed by atoms with Gasteiger partial charge in [0.25, 0.3) is 0 Å². The van der Waals surface area contributed by atoms with Gasteiger partial charge < -0.3 is 48.1 Å². The third-order valence-corrected chi connectivity index (χ3v) is 4.33. The molecule has 0 heterocycles.